The van der Waals surface area contributed by atoms with E-state index in [-0.39, 0.29) is 23.3 Å². The van der Waals surface area contributed by atoms with E-state index in [2.05, 4.69) is 0 Å². The molecule has 0 atom stereocenters. The zero-order valence-electron chi connectivity index (χ0n) is 12.2. The molecule has 0 spiro atoms. The average Bonchev–Trinajstić information content (AvgIpc) is 2.49. The number of hydrogen-bond donors (Lipinski definition) is 1. The molecular weight excluding hydrogens is 304 g/mol. The summed E-state index contributed by atoms with van der Waals surface area (Å²) in [7, 11) is 1.44. The van der Waals surface area contributed by atoms with Crippen LogP contribution in [0.1, 0.15) is 32.7 Å². The minimum absolute atomic E-state index is 0.134. The molecule has 0 aromatic heterocycles. The van der Waals surface area contributed by atoms with Gasteiger partial charge in [-0.25, -0.2) is 0 Å². The molecule has 0 aliphatic rings. The van der Waals surface area contributed by atoms with Crippen LogP contribution in [-0.4, -0.2) is 23.8 Å². The van der Waals surface area contributed by atoms with E-state index >= 15 is 0 Å². The van der Waals surface area contributed by atoms with Crippen LogP contribution >= 0.6 is 11.6 Å². The van der Waals surface area contributed by atoms with Crippen LogP contribution in [0.3, 0.4) is 0 Å². The molecule has 2 rings (SSSR count). The maximum Gasteiger partial charge on any atom is 0.174 e. The lowest BCUT2D eigenvalue weighted by Gasteiger charge is -2.08. The lowest BCUT2D eigenvalue weighted by atomic mass is 9.99. The Bertz CT molecular complexity index is 737. The van der Waals surface area contributed by atoms with E-state index in [0.717, 1.165) is 5.56 Å². The smallest absolute Gasteiger partial charge is 0.174 e. The van der Waals surface area contributed by atoms with Gasteiger partial charge in [-0.15, -0.1) is 0 Å². The van der Waals surface area contributed by atoms with E-state index in [0.29, 0.717) is 10.8 Å². The lowest BCUT2D eigenvalue weighted by Crippen LogP contribution is -2.10. The largest absolute Gasteiger partial charge is 0.507 e. The highest BCUT2D eigenvalue weighted by atomic mass is 35.5. The van der Waals surface area contributed by atoms with Gasteiger partial charge in [0.1, 0.15) is 11.5 Å². The summed E-state index contributed by atoms with van der Waals surface area (Å²) in [5.41, 5.74) is 1.21. The average molecular weight is 319 g/mol. The minimum atomic E-state index is -0.451. The van der Waals surface area contributed by atoms with Gasteiger partial charge in [-0.1, -0.05) is 23.2 Å². The van der Waals surface area contributed by atoms with Crippen molar-refractivity contribution in [3.8, 4) is 11.5 Å². The summed E-state index contributed by atoms with van der Waals surface area (Å²) in [4.78, 5) is 24.5. The molecule has 0 heterocycles. The first-order chi connectivity index (χ1) is 10.4. The number of Topliss-reactive ketones (excluding diaryl/α,β-unsaturated/α-hetero) is 2. The van der Waals surface area contributed by atoms with Crippen molar-refractivity contribution in [2.75, 3.05) is 7.11 Å². The quantitative estimate of drug-likeness (QED) is 0.672. The van der Waals surface area contributed by atoms with Crippen LogP contribution in [0.2, 0.25) is 5.02 Å². The number of carbonyl (C=O) groups is 2. The van der Waals surface area contributed by atoms with Gasteiger partial charge in [0.25, 0.3) is 0 Å². The maximum atomic E-state index is 12.3. The molecule has 0 aliphatic carbocycles. The number of aryl methyl sites for hydroxylation is 1. The number of phenols is 1. The fourth-order valence-corrected chi connectivity index (χ4v) is 2.28. The molecule has 4 nitrogen and oxygen atoms in total. The Morgan fingerprint density at radius 2 is 1.77 bits per heavy atom. The molecule has 0 bridgehead atoms. The number of benzene rings is 2. The molecule has 0 saturated carbocycles. The molecule has 0 aliphatic heterocycles. The van der Waals surface area contributed by atoms with Gasteiger partial charge in [0.05, 0.1) is 24.7 Å². The standard InChI is InChI=1S/C17H15ClO4/c1-10-3-5-14(19)12(7-10)15(20)9-16(21)13-8-11(18)4-6-17(13)22-2/h3-8,19H,9H2,1-2H3. The van der Waals surface area contributed by atoms with Crippen molar-refractivity contribution in [1.29, 1.82) is 0 Å². The molecule has 2 aromatic rings. The van der Waals surface area contributed by atoms with Crippen LogP contribution in [0.25, 0.3) is 0 Å². The molecule has 1 N–H and O–H groups in total. The van der Waals surface area contributed by atoms with E-state index in [1.54, 1.807) is 31.2 Å². The third kappa shape index (κ3) is 3.46. The summed E-state index contributed by atoms with van der Waals surface area (Å²) in [6, 6.07) is 9.32. The number of methoxy groups -OCH3 is 1. The topological polar surface area (TPSA) is 63.6 Å². The zero-order valence-corrected chi connectivity index (χ0v) is 13.0. The summed E-state index contributed by atoms with van der Waals surface area (Å²) < 4.78 is 5.11. The molecule has 2 aromatic carbocycles. The van der Waals surface area contributed by atoms with Crippen molar-refractivity contribution in [3.05, 3.63) is 58.1 Å². The highest BCUT2D eigenvalue weighted by Gasteiger charge is 2.19. The summed E-state index contributed by atoms with van der Waals surface area (Å²) in [5, 5.41) is 10.1. The van der Waals surface area contributed by atoms with Gasteiger partial charge < -0.3 is 9.84 Å². The van der Waals surface area contributed by atoms with Crippen LogP contribution in [0, 0.1) is 6.92 Å². The first kappa shape index (κ1) is 16.0. The highest BCUT2D eigenvalue weighted by Crippen LogP contribution is 2.26. The van der Waals surface area contributed by atoms with Gasteiger partial charge in [-0.3, -0.25) is 9.59 Å². The predicted octanol–water partition coefficient (Wildman–Crippen LogP) is 3.82. The molecule has 0 fully saturated rings. The number of aromatic hydroxyl groups is 1. The summed E-state index contributed by atoms with van der Waals surface area (Å²) in [6.45, 7) is 1.80. The van der Waals surface area contributed by atoms with Crippen molar-refractivity contribution in [2.45, 2.75) is 13.3 Å². The summed E-state index contributed by atoms with van der Waals surface area (Å²) in [5.74, 6) is -0.643. The first-order valence-corrected chi connectivity index (χ1v) is 6.99. The van der Waals surface area contributed by atoms with E-state index in [1.165, 1.54) is 19.2 Å². The number of ketones is 2. The van der Waals surface area contributed by atoms with Crippen LogP contribution in [0.4, 0.5) is 0 Å². The molecule has 114 valence electrons. The fraction of sp³-hybridized carbons (Fsp3) is 0.176. The number of phenolic OH excluding ortho intramolecular Hbond substituents is 1. The van der Waals surface area contributed by atoms with E-state index in [1.807, 2.05) is 0 Å². The van der Waals surface area contributed by atoms with Gasteiger partial charge in [-0.05, 0) is 37.3 Å². The molecule has 0 saturated heterocycles. The number of hydrogen-bond acceptors (Lipinski definition) is 4. The fourth-order valence-electron chi connectivity index (χ4n) is 2.11. The van der Waals surface area contributed by atoms with Gasteiger partial charge >= 0.3 is 0 Å². The Morgan fingerprint density at radius 3 is 2.45 bits per heavy atom. The van der Waals surface area contributed by atoms with Crippen molar-refractivity contribution < 1.29 is 19.4 Å². The monoisotopic (exact) mass is 318 g/mol. The Kier molecular flexibility index (Phi) is 4.83. The molecule has 5 heteroatoms. The van der Waals surface area contributed by atoms with Crippen LogP contribution in [0.5, 0.6) is 11.5 Å². The number of halogens is 1. The van der Waals surface area contributed by atoms with E-state index < -0.39 is 11.6 Å². The minimum Gasteiger partial charge on any atom is -0.507 e. The Labute approximate surface area is 133 Å². The number of carbonyl (C=O) groups excluding carboxylic acids is 2. The van der Waals surface area contributed by atoms with Crippen molar-refractivity contribution in [2.24, 2.45) is 0 Å². The number of rotatable bonds is 5. The third-order valence-corrected chi connectivity index (χ3v) is 3.47. The van der Waals surface area contributed by atoms with Gasteiger partial charge in [0.15, 0.2) is 11.6 Å². The van der Waals surface area contributed by atoms with Crippen molar-refractivity contribution in [3.63, 3.8) is 0 Å². The molecular formula is C17H15ClO4. The predicted molar refractivity (Wildman–Crippen MR) is 84.1 cm³/mol. The molecule has 0 unspecified atom stereocenters. The van der Waals surface area contributed by atoms with Crippen LogP contribution < -0.4 is 4.74 Å². The SMILES string of the molecule is COc1ccc(Cl)cc1C(=O)CC(=O)c1cc(C)ccc1O. The van der Waals surface area contributed by atoms with E-state index in [4.69, 9.17) is 16.3 Å². The summed E-state index contributed by atoms with van der Waals surface area (Å²) >= 11 is 5.88. The maximum absolute atomic E-state index is 12.3. The third-order valence-electron chi connectivity index (χ3n) is 3.24. The normalized spacial score (nSPS) is 10.3. The number of ether oxygens (including phenoxy) is 1. The highest BCUT2D eigenvalue weighted by molar-refractivity contribution is 6.31. The van der Waals surface area contributed by atoms with Gasteiger partial charge in [-0.2, -0.15) is 0 Å². The van der Waals surface area contributed by atoms with Crippen LogP contribution in [0.15, 0.2) is 36.4 Å². The van der Waals surface area contributed by atoms with Crippen molar-refractivity contribution >= 4 is 23.2 Å². The molecule has 22 heavy (non-hydrogen) atoms. The zero-order chi connectivity index (χ0) is 16.3. The Morgan fingerprint density at radius 1 is 1.09 bits per heavy atom. The second-order valence-corrected chi connectivity index (χ2v) is 5.32. The Balaban J connectivity index is 2.27. The molecule has 0 radical (unpaired) electrons. The first-order valence-electron chi connectivity index (χ1n) is 6.62. The van der Waals surface area contributed by atoms with Gasteiger partial charge in [0.2, 0.25) is 0 Å². The van der Waals surface area contributed by atoms with E-state index in [9.17, 15) is 14.7 Å². The molecule has 0 amide bonds. The summed E-state index contributed by atoms with van der Waals surface area (Å²) in [6.07, 6.45) is -0.367. The Hall–Kier alpha value is -2.33. The second-order valence-electron chi connectivity index (χ2n) is 4.89. The van der Waals surface area contributed by atoms with Crippen molar-refractivity contribution in [1.82, 2.24) is 0 Å². The lowest BCUT2D eigenvalue weighted by molar-refractivity contribution is 0.0891. The van der Waals surface area contributed by atoms with Crippen LogP contribution in [-0.2, 0) is 0 Å². The van der Waals surface area contributed by atoms with Gasteiger partial charge in [0, 0.05) is 5.02 Å². The second kappa shape index (κ2) is 6.62.